The fraction of sp³-hybridized carbons (Fsp3) is 0.353. The van der Waals surface area contributed by atoms with Gasteiger partial charge in [0.15, 0.2) is 0 Å². The maximum atomic E-state index is 12.4. The highest BCUT2D eigenvalue weighted by Gasteiger charge is 2.32. The molecule has 1 atom stereocenters. The van der Waals surface area contributed by atoms with Crippen molar-refractivity contribution in [1.29, 1.82) is 0 Å². The molecule has 0 radical (unpaired) electrons. The first-order valence-corrected chi connectivity index (χ1v) is 7.86. The average Bonchev–Trinajstić information content (AvgIpc) is 3.20. The van der Waals surface area contributed by atoms with Gasteiger partial charge in [0.1, 0.15) is 12.4 Å². The van der Waals surface area contributed by atoms with E-state index in [4.69, 9.17) is 4.74 Å². The van der Waals surface area contributed by atoms with Crippen LogP contribution in [0.5, 0.6) is 5.75 Å². The van der Waals surface area contributed by atoms with E-state index >= 15 is 0 Å². The van der Waals surface area contributed by atoms with Gasteiger partial charge in [-0.15, -0.1) is 0 Å². The molecule has 126 valence electrons. The minimum Gasteiger partial charge on any atom is -0.490 e. The molecule has 0 bridgehead atoms. The number of amides is 2. The summed E-state index contributed by atoms with van der Waals surface area (Å²) in [7, 11) is 1.71. The molecule has 0 unspecified atom stereocenters. The lowest BCUT2D eigenvalue weighted by molar-refractivity contribution is -0.127. The maximum absolute atomic E-state index is 12.4. The number of carbonyl (C=O) groups is 2. The second kappa shape index (κ2) is 7.16. The Kier molecular flexibility index (Phi) is 4.79. The van der Waals surface area contributed by atoms with Crippen molar-refractivity contribution in [1.82, 2.24) is 14.5 Å². The summed E-state index contributed by atoms with van der Waals surface area (Å²) in [5, 5.41) is 2.88. The summed E-state index contributed by atoms with van der Waals surface area (Å²) in [5.74, 6) is 0.142. The topological polar surface area (TPSA) is 76.5 Å². The van der Waals surface area contributed by atoms with Gasteiger partial charge in [-0.05, 0) is 12.1 Å². The summed E-state index contributed by atoms with van der Waals surface area (Å²) >= 11 is 0. The van der Waals surface area contributed by atoms with Gasteiger partial charge in [-0.3, -0.25) is 9.59 Å². The van der Waals surface area contributed by atoms with Crippen molar-refractivity contribution in [3.63, 3.8) is 0 Å². The largest absolute Gasteiger partial charge is 0.490 e. The average molecular weight is 328 g/mol. The fourth-order valence-electron chi connectivity index (χ4n) is 2.65. The van der Waals surface area contributed by atoms with Crippen LogP contribution < -0.4 is 10.1 Å². The third kappa shape index (κ3) is 3.73. The Bertz CT molecular complexity index is 714. The second-order valence-corrected chi connectivity index (χ2v) is 5.81. The molecule has 7 nitrogen and oxygen atoms in total. The number of nitrogens with one attached hydrogen (secondary N) is 1. The number of hydrogen-bond donors (Lipinski definition) is 1. The zero-order valence-corrected chi connectivity index (χ0v) is 13.5. The van der Waals surface area contributed by atoms with Crippen LogP contribution in [-0.4, -0.2) is 46.5 Å². The molecular weight excluding hydrogens is 308 g/mol. The summed E-state index contributed by atoms with van der Waals surface area (Å²) in [6.45, 7) is 1.59. The number of likely N-dealkylation sites (tertiary alicyclic amines) is 1. The van der Waals surface area contributed by atoms with E-state index in [1.165, 1.54) is 0 Å². The van der Waals surface area contributed by atoms with E-state index in [-0.39, 0.29) is 24.2 Å². The standard InChI is InChI=1S/C17H20N4O3/c1-20-11-13(10-16(20)22)17(23)19-14-4-2-3-5-15(14)24-9-8-21-7-6-18-12-21/h2-7,12-13H,8-11H2,1H3,(H,19,23)/t13-/m1/s1. The van der Waals surface area contributed by atoms with Gasteiger partial charge in [-0.25, -0.2) is 4.98 Å². The summed E-state index contributed by atoms with van der Waals surface area (Å²) in [6, 6.07) is 7.31. The molecule has 2 aromatic rings. The molecule has 1 N–H and O–H groups in total. The van der Waals surface area contributed by atoms with Gasteiger partial charge in [0.2, 0.25) is 11.8 Å². The van der Waals surface area contributed by atoms with Crippen LogP contribution in [0.2, 0.25) is 0 Å². The number of ether oxygens (including phenoxy) is 1. The molecule has 1 aliphatic rings. The lowest BCUT2D eigenvalue weighted by Gasteiger charge is -2.15. The number of nitrogens with zero attached hydrogens (tertiary/aromatic N) is 3. The highest BCUT2D eigenvalue weighted by Crippen LogP contribution is 2.26. The third-order valence-electron chi connectivity index (χ3n) is 4.02. The number of imidazole rings is 1. The number of carbonyl (C=O) groups excluding carboxylic acids is 2. The Morgan fingerprint density at radius 1 is 1.42 bits per heavy atom. The van der Waals surface area contributed by atoms with Crippen molar-refractivity contribution in [3.8, 4) is 5.75 Å². The number of rotatable bonds is 6. The van der Waals surface area contributed by atoms with Crippen LogP contribution in [0.25, 0.3) is 0 Å². The van der Waals surface area contributed by atoms with E-state index in [0.717, 1.165) is 0 Å². The highest BCUT2D eigenvalue weighted by atomic mass is 16.5. The van der Waals surface area contributed by atoms with Crippen LogP contribution in [-0.2, 0) is 16.1 Å². The predicted molar refractivity (Wildman–Crippen MR) is 88.5 cm³/mol. The van der Waals surface area contributed by atoms with Gasteiger partial charge in [0.25, 0.3) is 0 Å². The molecule has 1 saturated heterocycles. The van der Waals surface area contributed by atoms with Crippen LogP contribution in [0.4, 0.5) is 5.69 Å². The van der Waals surface area contributed by atoms with Gasteiger partial charge < -0.3 is 19.5 Å². The Hall–Kier alpha value is -2.83. The van der Waals surface area contributed by atoms with Crippen LogP contribution in [0.1, 0.15) is 6.42 Å². The molecule has 3 rings (SSSR count). The van der Waals surface area contributed by atoms with E-state index in [9.17, 15) is 9.59 Å². The zero-order valence-electron chi connectivity index (χ0n) is 13.5. The first-order valence-electron chi connectivity index (χ1n) is 7.86. The third-order valence-corrected chi connectivity index (χ3v) is 4.02. The van der Waals surface area contributed by atoms with Crippen molar-refractivity contribution in [3.05, 3.63) is 43.0 Å². The van der Waals surface area contributed by atoms with Gasteiger partial charge in [-0.1, -0.05) is 12.1 Å². The SMILES string of the molecule is CN1C[C@H](C(=O)Nc2ccccc2OCCn2ccnc2)CC1=O. The van der Waals surface area contributed by atoms with Crippen LogP contribution >= 0.6 is 0 Å². The monoisotopic (exact) mass is 328 g/mol. The minimum absolute atomic E-state index is 0.0000160. The molecule has 0 aliphatic carbocycles. The Morgan fingerprint density at radius 3 is 2.96 bits per heavy atom. The Morgan fingerprint density at radius 2 is 2.25 bits per heavy atom. The molecule has 7 heteroatoms. The second-order valence-electron chi connectivity index (χ2n) is 5.81. The molecule has 1 aliphatic heterocycles. The Labute approximate surface area is 140 Å². The highest BCUT2D eigenvalue weighted by molar-refractivity contribution is 5.98. The van der Waals surface area contributed by atoms with Crippen molar-refractivity contribution < 1.29 is 14.3 Å². The van der Waals surface area contributed by atoms with Gasteiger partial charge in [-0.2, -0.15) is 0 Å². The summed E-state index contributed by atoms with van der Waals surface area (Å²) in [6.07, 6.45) is 5.56. The van der Waals surface area contributed by atoms with Gasteiger partial charge >= 0.3 is 0 Å². The van der Waals surface area contributed by atoms with Gasteiger partial charge in [0.05, 0.1) is 24.5 Å². The number of para-hydroxylation sites is 2. The van der Waals surface area contributed by atoms with Crippen LogP contribution in [0.3, 0.4) is 0 Å². The molecule has 1 aromatic carbocycles. The first-order chi connectivity index (χ1) is 11.6. The van der Waals surface area contributed by atoms with Crippen molar-refractivity contribution >= 4 is 17.5 Å². The molecule has 1 fully saturated rings. The number of benzene rings is 1. The summed E-state index contributed by atoms with van der Waals surface area (Å²) < 4.78 is 7.69. The Balaban J connectivity index is 1.59. The van der Waals surface area contributed by atoms with E-state index in [2.05, 4.69) is 10.3 Å². The fourth-order valence-corrected chi connectivity index (χ4v) is 2.65. The smallest absolute Gasteiger partial charge is 0.229 e. The molecule has 2 amide bonds. The first kappa shape index (κ1) is 16.0. The predicted octanol–water partition coefficient (Wildman–Crippen LogP) is 1.38. The number of anilines is 1. The van der Waals surface area contributed by atoms with Crippen LogP contribution in [0.15, 0.2) is 43.0 Å². The van der Waals surface area contributed by atoms with Gasteiger partial charge in [0, 0.05) is 32.4 Å². The summed E-state index contributed by atoms with van der Waals surface area (Å²) in [4.78, 5) is 29.5. The lowest BCUT2D eigenvalue weighted by atomic mass is 10.1. The zero-order chi connectivity index (χ0) is 16.9. The molecule has 0 saturated carbocycles. The van der Waals surface area contributed by atoms with Crippen molar-refractivity contribution in [2.75, 3.05) is 25.5 Å². The minimum atomic E-state index is -0.318. The maximum Gasteiger partial charge on any atom is 0.229 e. The van der Waals surface area contributed by atoms with E-state index < -0.39 is 0 Å². The van der Waals surface area contributed by atoms with E-state index in [1.807, 2.05) is 29.0 Å². The lowest BCUT2D eigenvalue weighted by Crippen LogP contribution is -2.26. The van der Waals surface area contributed by atoms with Crippen molar-refractivity contribution in [2.45, 2.75) is 13.0 Å². The van der Waals surface area contributed by atoms with E-state index in [0.29, 0.717) is 31.1 Å². The number of aromatic nitrogens is 2. The summed E-state index contributed by atoms with van der Waals surface area (Å²) in [5.41, 5.74) is 0.620. The normalized spacial score (nSPS) is 17.1. The van der Waals surface area contributed by atoms with Crippen molar-refractivity contribution in [2.24, 2.45) is 5.92 Å². The molecule has 0 spiro atoms. The molecule has 1 aromatic heterocycles. The molecule has 2 heterocycles. The molecule has 24 heavy (non-hydrogen) atoms. The quantitative estimate of drug-likeness (QED) is 0.869. The van der Waals surface area contributed by atoms with Crippen LogP contribution in [0, 0.1) is 5.92 Å². The number of hydrogen-bond acceptors (Lipinski definition) is 4. The molecular formula is C17H20N4O3. The van der Waals surface area contributed by atoms with E-state index in [1.54, 1.807) is 30.5 Å².